The van der Waals surface area contributed by atoms with Gasteiger partial charge in [0.2, 0.25) is 0 Å². The van der Waals surface area contributed by atoms with Crippen molar-refractivity contribution in [2.24, 2.45) is 5.10 Å². The number of ether oxygens (including phenoxy) is 1. The van der Waals surface area contributed by atoms with Crippen LogP contribution in [0.3, 0.4) is 0 Å². The number of hydrogen-bond acceptors (Lipinski definition) is 3. The quantitative estimate of drug-likeness (QED) is 0.682. The lowest BCUT2D eigenvalue weighted by molar-refractivity contribution is -0.123. The van der Waals surface area contributed by atoms with Crippen molar-refractivity contribution in [3.63, 3.8) is 0 Å². The number of rotatable bonds is 5. The molecule has 0 aromatic heterocycles. The zero-order valence-corrected chi connectivity index (χ0v) is 11.7. The maximum Gasteiger partial charge on any atom is 0.277 e. The lowest BCUT2D eigenvalue weighted by atomic mass is 10.2. The second-order valence-corrected chi connectivity index (χ2v) is 4.47. The maximum atomic E-state index is 12.7. The summed E-state index contributed by atoms with van der Waals surface area (Å²) in [5.41, 5.74) is 2.97. The summed E-state index contributed by atoms with van der Waals surface area (Å²) in [4.78, 5) is 11.5. The minimum absolute atomic E-state index is 0.204. The minimum Gasteiger partial charge on any atom is -0.482 e. The summed E-state index contributed by atoms with van der Waals surface area (Å²) in [5.74, 6) is -0.325. The number of carbonyl (C=O) groups excluding carboxylic acids is 1. The van der Waals surface area contributed by atoms with Gasteiger partial charge in [-0.25, -0.2) is 9.82 Å². The molecule has 0 aliphatic carbocycles. The van der Waals surface area contributed by atoms with Crippen LogP contribution in [-0.2, 0) is 4.79 Å². The van der Waals surface area contributed by atoms with Gasteiger partial charge in [0.15, 0.2) is 6.61 Å². The van der Waals surface area contributed by atoms with Crippen LogP contribution in [0, 0.1) is 5.82 Å². The average molecular weight is 307 g/mol. The smallest absolute Gasteiger partial charge is 0.277 e. The van der Waals surface area contributed by atoms with Crippen molar-refractivity contribution in [1.82, 2.24) is 5.43 Å². The van der Waals surface area contributed by atoms with Gasteiger partial charge in [0, 0.05) is 0 Å². The van der Waals surface area contributed by atoms with Crippen molar-refractivity contribution in [1.29, 1.82) is 0 Å². The molecule has 2 aromatic rings. The molecule has 0 fully saturated rings. The van der Waals surface area contributed by atoms with E-state index in [-0.39, 0.29) is 12.4 Å². The fourth-order valence-electron chi connectivity index (χ4n) is 1.47. The fraction of sp³-hybridized carbons (Fsp3) is 0.0667. The van der Waals surface area contributed by atoms with E-state index in [9.17, 15) is 9.18 Å². The second-order valence-electron chi connectivity index (χ2n) is 4.06. The molecule has 0 saturated heterocycles. The van der Waals surface area contributed by atoms with Gasteiger partial charge >= 0.3 is 0 Å². The van der Waals surface area contributed by atoms with Crippen LogP contribution in [0.4, 0.5) is 4.39 Å². The molecule has 2 aromatic carbocycles. The van der Waals surface area contributed by atoms with Crippen molar-refractivity contribution in [3.8, 4) is 5.75 Å². The monoisotopic (exact) mass is 306 g/mol. The van der Waals surface area contributed by atoms with Gasteiger partial charge in [-0.2, -0.15) is 5.10 Å². The number of carbonyl (C=O) groups is 1. The predicted molar refractivity (Wildman–Crippen MR) is 79.1 cm³/mol. The van der Waals surface area contributed by atoms with Crippen molar-refractivity contribution in [2.45, 2.75) is 0 Å². The Morgan fingerprint density at radius 2 is 1.95 bits per heavy atom. The number of nitrogens with zero attached hydrogens (tertiary/aromatic N) is 1. The molecule has 2 rings (SSSR count). The Balaban J connectivity index is 1.80. The van der Waals surface area contributed by atoms with E-state index in [1.165, 1.54) is 18.3 Å². The minimum atomic E-state index is -0.423. The molecule has 0 aliphatic rings. The van der Waals surface area contributed by atoms with Gasteiger partial charge in [0.05, 0.1) is 11.2 Å². The van der Waals surface area contributed by atoms with E-state index >= 15 is 0 Å². The molecule has 0 bridgehead atoms. The maximum absolute atomic E-state index is 12.7. The lowest BCUT2D eigenvalue weighted by Crippen LogP contribution is -2.24. The number of halogens is 2. The molecule has 0 heterocycles. The molecule has 0 saturated carbocycles. The van der Waals surface area contributed by atoms with Crippen LogP contribution in [0.5, 0.6) is 5.75 Å². The Hall–Kier alpha value is -2.40. The van der Waals surface area contributed by atoms with Gasteiger partial charge in [0.1, 0.15) is 11.6 Å². The fourth-order valence-corrected chi connectivity index (χ4v) is 1.66. The van der Waals surface area contributed by atoms with Gasteiger partial charge in [0.25, 0.3) is 5.91 Å². The van der Waals surface area contributed by atoms with Crippen molar-refractivity contribution < 1.29 is 13.9 Å². The highest BCUT2D eigenvalue weighted by atomic mass is 35.5. The predicted octanol–water partition coefficient (Wildman–Crippen LogP) is 3.01. The van der Waals surface area contributed by atoms with Crippen molar-refractivity contribution >= 4 is 23.7 Å². The van der Waals surface area contributed by atoms with Gasteiger partial charge < -0.3 is 4.74 Å². The van der Waals surface area contributed by atoms with Crippen LogP contribution >= 0.6 is 11.6 Å². The summed E-state index contributed by atoms with van der Waals surface area (Å²) in [7, 11) is 0. The third-order valence-corrected chi connectivity index (χ3v) is 2.78. The standard InChI is InChI=1S/C15H12ClFN2O2/c16-13-3-1-2-4-14(13)21-10-15(20)19-18-9-11-5-7-12(17)8-6-11/h1-9H,10H2,(H,19,20). The first-order valence-electron chi connectivity index (χ1n) is 6.10. The van der Waals surface area contributed by atoms with Crippen molar-refractivity contribution in [2.75, 3.05) is 6.61 Å². The molecule has 6 heteroatoms. The molecule has 21 heavy (non-hydrogen) atoms. The average Bonchev–Trinajstić information content (AvgIpc) is 2.48. The summed E-state index contributed by atoms with van der Waals surface area (Å²) in [6.45, 7) is -0.204. The van der Waals surface area contributed by atoms with Crippen LogP contribution in [0.25, 0.3) is 0 Å². The molecule has 0 radical (unpaired) electrons. The molecule has 0 spiro atoms. The zero-order valence-electron chi connectivity index (χ0n) is 10.9. The van der Waals surface area contributed by atoms with E-state index in [1.54, 1.807) is 36.4 Å². The summed E-state index contributed by atoms with van der Waals surface area (Å²) < 4.78 is 17.9. The summed E-state index contributed by atoms with van der Waals surface area (Å²) >= 11 is 5.89. The molecular formula is C15H12ClFN2O2. The highest BCUT2D eigenvalue weighted by molar-refractivity contribution is 6.32. The Kier molecular flexibility index (Phi) is 5.29. The molecule has 1 N–H and O–H groups in total. The van der Waals surface area contributed by atoms with E-state index in [1.807, 2.05) is 0 Å². The molecule has 1 amide bonds. The van der Waals surface area contributed by atoms with Crippen LogP contribution in [0.15, 0.2) is 53.6 Å². The van der Waals surface area contributed by atoms with E-state index < -0.39 is 5.91 Å². The Bertz CT molecular complexity index is 644. The third-order valence-electron chi connectivity index (χ3n) is 2.47. The highest BCUT2D eigenvalue weighted by Crippen LogP contribution is 2.22. The van der Waals surface area contributed by atoms with E-state index in [0.29, 0.717) is 16.3 Å². The first-order chi connectivity index (χ1) is 10.1. The largest absolute Gasteiger partial charge is 0.482 e. The summed E-state index contributed by atoms with van der Waals surface area (Å²) in [5, 5.41) is 4.18. The van der Waals surface area contributed by atoms with Crippen LogP contribution in [-0.4, -0.2) is 18.7 Å². The van der Waals surface area contributed by atoms with Gasteiger partial charge in [-0.1, -0.05) is 35.9 Å². The Morgan fingerprint density at radius 3 is 2.67 bits per heavy atom. The van der Waals surface area contributed by atoms with E-state index in [2.05, 4.69) is 10.5 Å². The SMILES string of the molecule is O=C(COc1ccccc1Cl)NN=Cc1ccc(F)cc1. The van der Waals surface area contributed by atoms with Crippen LogP contribution in [0.2, 0.25) is 5.02 Å². The van der Waals surface area contributed by atoms with Gasteiger partial charge in [-0.15, -0.1) is 0 Å². The van der Waals surface area contributed by atoms with Crippen LogP contribution < -0.4 is 10.2 Å². The molecule has 0 atom stereocenters. The number of hydrogen-bond donors (Lipinski definition) is 1. The number of benzene rings is 2. The summed E-state index contributed by atoms with van der Waals surface area (Å²) in [6, 6.07) is 12.6. The van der Waals surface area contributed by atoms with Gasteiger partial charge in [-0.05, 0) is 29.8 Å². The first kappa shape index (κ1) is 15.0. The zero-order chi connectivity index (χ0) is 15.1. The second kappa shape index (κ2) is 7.40. The number of hydrazone groups is 1. The number of para-hydroxylation sites is 1. The topological polar surface area (TPSA) is 50.7 Å². The Labute approximate surface area is 126 Å². The molecule has 0 unspecified atom stereocenters. The molecular weight excluding hydrogens is 295 g/mol. The summed E-state index contributed by atoms with van der Waals surface area (Å²) in [6.07, 6.45) is 1.41. The molecule has 108 valence electrons. The third kappa shape index (κ3) is 4.89. The molecule has 0 aliphatic heterocycles. The van der Waals surface area contributed by atoms with Crippen LogP contribution in [0.1, 0.15) is 5.56 Å². The lowest BCUT2D eigenvalue weighted by Gasteiger charge is -2.06. The number of amides is 1. The normalized spacial score (nSPS) is 10.6. The van der Waals surface area contributed by atoms with Crippen molar-refractivity contribution in [3.05, 3.63) is 64.9 Å². The molecule has 4 nitrogen and oxygen atoms in total. The van der Waals surface area contributed by atoms with E-state index in [4.69, 9.17) is 16.3 Å². The highest BCUT2D eigenvalue weighted by Gasteiger charge is 2.04. The first-order valence-corrected chi connectivity index (χ1v) is 6.48. The van der Waals surface area contributed by atoms with E-state index in [0.717, 1.165) is 0 Å². The van der Waals surface area contributed by atoms with Gasteiger partial charge in [-0.3, -0.25) is 4.79 Å². The Morgan fingerprint density at radius 1 is 1.24 bits per heavy atom. The number of nitrogens with one attached hydrogen (secondary N) is 1.